The van der Waals surface area contributed by atoms with E-state index in [1.54, 1.807) is 37.5 Å². The number of hydrogen-bond donors (Lipinski definition) is 1. The molecule has 0 aliphatic rings. The molecule has 0 bridgehead atoms. The van der Waals surface area contributed by atoms with Gasteiger partial charge < -0.3 is 9.67 Å². The summed E-state index contributed by atoms with van der Waals surface area (Å²) >= 11 is 0. The van der Waals surface area contributed by atoms with Crippen LogP contribution in [0.5, 0.6) is 5.75 Å². The predicted octanol–water partition coefficient (Wildman–Crippen LogP) is 2.17. The fourth-order valence-corrected chi connectivity index (χ4v) is 2.58. The van der Waals surface area contributed by atoms with Gasteiger partial charge >= 0.3 is 0 Å². The maximum atomic E-state index is 13.5. The molecular formula is C21H16F2N2O2. The molecule has 1 aromatic carbocycles. The second-order valence-electron chi connectivity index (χ2n) is 5.94. The Kier molecular flexibility index (Phi) is 4.98. The minimum Gasteiger partial charge on any atom is -0.503 e. The van der Waals surface area contributed by atoms with Crippen LogP contribution in [0.3, 0.4) is 0 Å². The lowest BCUT2D eigenvalue weighted by molar-refractivity contribution is 0.396. The van der Waals surface area contributed by atoms with Gasteiger partial charge in [-0.3, -0.25) is 9.78 Å². The number of pyridine rings is 2. The Morgan fingerprint density at radius 1 is 1.15 bits per heavy atom. The van der Waals surface area contributed by atoms with E-state index in [9.17, 15) is 18.7 Å². The average Bonchev–Trinajstić information content (AvgIpc) is 2.65. The standard InChI is InChI=1S/C21H16F2N2O2/c1-13-9-16(7-6-15-5-3-4-8-24-15)25(2)21(27)17(13)10-14-11-18(22)20(26)19(23)12-14/h3-12,26H,1H2,2H3/b7-6+,17-10+. The second kappa shape index (κ2) is 7.37. The van der Waals surface area contributed by atoms with E-state index in [-0.39, 0.29) is 16.3 Å². The molecule has 2 heterocycles. The zero-order valence-electron chi connectivity index (χ0n) is 14.5. The average molecular weight is 366 g/mol. The van der Waals surface area contributed by atoms with Crippen LogP contribution in [-0.2, 0) is 7.05 Å². The highest BCUT2D eigenvalue weighted by atomic mass is 19.1. The molecule has 0 aliphatic carbocycles. The van der Waals surface area contributed by atoms with Crippen LogP contribution in [0.2, 0.25) is 0 Å². The largest absolute Gasteiger partial charge is 0.503 e. The summed E-state index contributed by atoms with van der Waals surface area (Å²) in [5.74, 6) is -3.25. The van der Waals surface area contributed by atoms with E-state index >= 15 is 0 Å². The number of aromatic nitrogens is 2. The van der Waals surface area contributed by atoms with Crippen LogP contribution in [0.15, 0.2) is 47.4 Å². The summed E-state index contributed by atoms with van der Waals surface area (Å²) in [6.07, 6.45) is 6.51. The number of nitrogens with zero attached hydrogens (tertiary/aromatic N) is 2. The summed E-state index contributed by atoms with van der Waals surface area (Å²) < 4.78 is 28.5. The van der Waals surface area contributed by atoms with Crippen molar-refractivity contribution in [3.05, 3.63) is 92.0 Å². The van der Waals surface area contributed by atoms with Crippen LogP contribution < -0.4 is 16.0 Å². The van der Waals surface area contributed by atoms with E-state index in [0.717, 1.165) is 17.8 Å². The van der Waals surface area contributed by atoms with Crippen molar-refractivity contribution in [2.75, 3.05) is 0 Å². The summed E-state index contributed by atoms with van der Waals surface area (Å²) in [4.78, 5) is 16.8. The highest BCUT2D eigenvalue weighted by Crippen LogP contribution is 2.21. The number of halogens is 2. The monoisotopic (exact) mass is 366 g/mol. The summed E-state index contributed by atoms with van der Waals surface area (Å²) in [6, 6.07) is 9.08. The SMILES string of the molecule is C=c1cc(/C=C/c2ccccn2)n(C)c(=O)/c1=C/c1cc(F)c(O)c(F)c1. The molecule has 0 fully saturated rings. The molecule has 0 saturated carbocycles. The van der Waals surface area contributed by atoms with Gasteiger partial charge in [-0.2, -0.15) is 0 Å². The maximum absolute atomic E-state index is 13.5. The first kappa shape index (κ1) is 18.3. The van der Waals surface area contributed by atoms with Crippen LogP contribution in [0.4, 0.5) is 8.78 Å². The molecule has 3 rings (SSSR count). The maximum Gasteiger partial charge on any atom is 0.258 e. The van der Waals surface area contributed by atoms with Crippen molar-refractivity contribution in [1.29, 1.82) is 0 Å². The number of rotatable bonds is 3. The minimum atomic E-state index is -1.10. The first-order valence-electron chi connectivity index (χ1n) is 8.04. The predicted molar refractivity (Wildman–Crippen MR) is 101 cm³/mol. The van der Waals surface area contributed by atoms with E-state index < -0.39 is 17.4 Å². The Hall–Kier alpha value is -3.54. The molecule has 4 nitrogen and oxygen atoms in total. The number of phenols is 1. The molecule has 27 heavy (non-hydrogen) atoms. The molecule has 1 N–H and O–H groups in total. The molecule has 6 heteroatoms. The van der Waals surface area contributed by atoms with Crippen molar-refractivity contribution in [3.8, 4) is 5.75 Å². The quantitative estimate of drug-likeness (QED) is 0.773. The molecule has 0 aliphatic heterocycles. The van der Waals surface area contributed by atoms with Crippen LogP contribution in [0, 0.1) is 11.6 Å². The summed E-state index contributed by atoms with van der Waals surface area (Å²) in [5, 5.41) is 9.80. The molecule has 2 aromatic heterocycles. The zero-order chi connectivity index (χ0) is 19.6. The molecule has 0 amide bonds. The fraction of sp³-hybridized carbons (Fsp3) is 0.0476. The lowest BCUT2D eigenvalue weighted by Crippen LogP contribution is -2.44. The van der Waals surface area contributed by atoms with E-state index in [4.69, 9.17) is 0 Å². The van der Waals surface area contributed by atoms with Crippen molar-refractivity contribution >= 4 is 24.8 Å². The smallest absolute Gasteiger partial charge is 0.258 e. The number of hydrogen-bond acceptors (Lipinski definition) is 3. The van der Waals surface area contributed by atoms with Crippen molar-refractivity contribution < 1.29 is 13.9 Å². The van der Waals surface area contributed by atoms with E-state index in [1.807, 2.05) is 12.1 Å². The molecule has 0 spiro atoms. The summed E-state index contributed by atoms with van der Waals surface area (Å²) in [6.45, 7) is 3.87. The van der Waals surface area contributed by atoms with E-state index in [1.165, 1.54) is 10.6 Å². The van der Waals surface area contributed by atoms with Gasteiger partial charge in [0.05, 0.1) is 5.69 Å². The molecule has 0 unspecified atom stereocenters. The van der Waals surface area contributed by atoms with Crippen molar-refractivity contribution in [2.45, 2.75) is 0 Å². The van der Waals surface area contributed by atoms with Gasteiger partial charge in [0.15, 0.2) is 17.4 Å². The highest BCUT2D eigenvalue weighted by Gasteiger charge is 2.09. The second-order valence-corrected chi connectivity index (χ2v) is 5.94. The molecule has 3 aromatic rings. The highest BCUT2D eigenvalue weighted by molar-refractivity contribution is 5.66. The van der Waals surface area contributed by atoms with Gasteiger partial charge in [0.1, 0.15) is 0 Å². The van der Waals surface area contributed by atoms with Gasteiger partial charge in [0.2, 0.25) is 0 Å². The molecule has 0 atom stereocenters. The Morgan fingerprint density at radius 2 is 1.85 bits per heavy atom. The lowest BCUT2D eigenvalue weighted by atomic mass is 10.1. The molecular weight excluding hydrogens is 350 g/mol. The summed E-state index contributed by atoms with van der Waals surface area (Å²) in [7, 11) is 1.59. The van der Waals surface area contributed by atoms with Gasteiger partial charge in [-0.25, -0.2) is 8.78 Å². The third kappa shape index (κ3) is 3.84. The van der Waals surface area contributed by atoms with Crippen LogP contribution in [0.25, 0.3) is 24.8 Å². The van der Waals surface area contributed by atoms with Gasteiger partial charge in [0, 0.05) is 24.2 Å². The Labute approximate surface area is 153 Å². The Bertz CT molecular complexity index is 1180. The first-order valence-corrected chi connectivity index (χ1v) is 8.04. The summed E-state index contributed by atoms with van der Waals surface area (Å²) in [5.41, 5.74) is 1.09. The van der Waals surface area contributed by atoms with Crippen LogP contribution in [0.1, 0.15) is 17.0 Å². The fourth-order valence-electron chi connectivity index (χ4n) is 2.58. The van der Waals surface area contributed by atoms with Gasteiger partial charge in [0.25, 0.3) is 5.56 Å². The van der Waals surface area contributed by atoms with Gasteiger partial charge in [-0.1, -0.05) is 12.6 Å². The van der Waals surface area contributed by atoms with Crippen molar-refractivity contribution in [2.24, 2.45) is 7.05 Å². The Balaban J connectivity index is 2.10. The van der Waals surface area contributed by atoms with Crippen LogP contribution in [-0.4, -0.2) is 14.7 Å². The number of aromatic hydroxyl groups is 1. The normalized spacial score (nSPS) is 12.0. The van der Waals surface area contributed by atoms with Crippen molar-refractivity contribution in [1.82, 2.24) is 9.55 Å². The third-order valence-electron chi connectivity index (χ3n) is 4.05. The topological polar surface area (TPSA) is 55.1 Å². The third-order valence-corrected chi connectivity index (χ3v) is 4.05. The van der Waals surface area contributed by atoms with Gasteiger partial charge in [-0.15, -0.1) is 0 Å². The zero-order valence-corrected chi connectivity index (χ0v) is 14.5. The van der Waals surface area contributed by atoms with E-state index in [2.05, 4.69) is 11.6 Å². The van der Waals surface area contributed by atoms with Crippen molar-refractivity contribution in [3.63, 3.8) is 0 Å². The first-order chi connectivity index (χ1) is 12.9. The Morgan fingerprint density at radius 3 is 2.48 bits per heavy atom. The lowest BCUT2D eigenvalue weighted by Gasteiger charge is -2.05. The van der Waals surface area contributed by atoms with E-state index in [0.29, 0.717) is 10.9 Å². The minimum absolute atomic E-state index is 0.113. The van der Waals surface area contributed by atoms with Gasteiger partial charge in [-0.05, 0) is 59.3 Å². The molecule has 0 saturated heterocycles. The molecule has 136 valence electrons. The van der Waals surface area contributed by atoms with Crippen LogP contribution >= 0.6 is 0 Å². The number of phenolic OH excluding ortho intramolecular Hbond substituents is 1. The molecule has 0 radical (unpaired) electrons. The number of benzene rings is 1.